The van der Waals surface area contributed by atoms with Crippen molar-refractivity contribution in [1.29, 1.82) is 0 Å². The fraction of sp³-hybridized carbons (Fsp3) is 0.222. The van der Waals surface area contributed by atoms with Crippen molar-refractivity contribution >= 4 is 29.2 Å². The van der Waals surface area contributed by atoms with E-state index < -0.39 is 29.7 Å². The molecule has 180 valence electrons. The Kier molecular flexibility index (Phi) is 7.10. The lowest BCUT2D eigenvalue weighted by Crippen LogP contribution is -2.37. The third kappa shape index (κ3) is 5.48. The predicted octanol–water partition coefficient (Wildman–Crippen LogP) is 4.90. The van der Waals surface area contributed by atoms with Crippen LogP contribution in [0.2, 0.25) is 0 Å². The second-order valence-electron chi connectivity index (χ2n) is 8.28. The largest absolute Gasteiger partial charge is 0.494 e. The van der Waals surface area contributed by atoms with Gasteiger partial charge in [-0.1, -0.05) is 24.3 Å². The number of nitrogens with one attached hydrogen (secondary N) is 1. The molecule has 0 saturated carbocycles. The number of amides is 4. The standard InChI is InChI=1S/C27H26FN3O4/c1-3-35-23-13-11-21(12-14-23)29-25(32)16-24-26(33)31(22-6-4-5-18(2)15-22)27(34)30(24)17-19-7-9-20(28)10-8-19/h4-15,24H,3,16-17H2,1-2H3,(H,29,32). The Labute approximate surface area is 203 Å². The SMILES string of the molecule is CCOc1ccc(NC(=O)CC2C(=O)N(c3cccc(C)c3)C(=O)N2Cc2ccc(F)cc2)cc1. The maximum absolute atomic E-state index is 13.4. The summed E-state index contributed by atoms with van der Waals surface area (Å²) >= 11 is 0. The van der Waals surface area contributed by atoms with Gasteiger partial charge in [0.25, 0.3) is 5.91 Å². The van der Waals surface area contributed by atoms with E-state index in [1.165, 1.54) is 17.0 Å². The topological polar surface area (TPSA) is 79.0 Å². The number of urea groups is 1. The average Bonchev–Trinajstić information content (AvgIpc) is 3.05. The highest BCUT2D eigenvalue weighted by Gasteiger charge is 2.46. The van der Waals surface area contributed by atoms with Crippen LogP contribution in [0.1, 0.15) is 24.5 Å². The summed E-state index contributed by atoms with van der Waals surface area (Å²) in [5.41, 5.74) is 2.54. The van der Waals surface area contributed by atoms with Crippen molar-refractivity contribution in [2.24, 2.45) is 0 Å². The third-order valence-corrected chi connectivity index (χ3v) is 5.67. The Morgan fingerprint density at radius 2 is 1.74 bits per heavy atom. The lowest BCUT2D eigenvalue weighted by Gasteiger charge is -2.21. The molecular formula is C27H26FN3O4. The van der Waals surface area contributed by atoms with E-state index in [1.54, 1.807) is 54.6 Å². The van der Waals surface area contributed by atoms with E-state index in [-0.39, 0.29) is 13.0 Å². The van der Waals surface area contributed by atoms with Gasteiger partial charge in [0.15, 0.2) is 0 Å². The molecule has 1 heterocycles. The van der Waals surface area contributed by atoms with E-state index in [2.05, 4.69) is 5.32 Å². The van der Waals surface area contributed by atoms with Gasteiger partial charge in [0.05, 0.1) is 18.7 Å². The minimum Gasteiger partial charge on any atom is -0.494 e. The molecule has 8 heteroatoms. The first-order valence-corrected chi connectivity index (χ1v) is 11.3. The van der Waals surface area contributed by atoms with Crippen LogP contribution >= 0.6 is 0 Å². The van der Waals surface area contributed by atoms with Crippen molar-refractivity contribution in [3.8, 4) is 5.75 Å². The number of aryl methyl sites for hydroxylation is 1. The smallest absolute Gasteiger partial charge is 0.332 e. The molecule has 0 spiro atoms. The molecule has 1 aliphatic rings. The number of halogens is 1. The van der Waals surface area contributed by atoms with Gasteiger partial charge in [-0.25, -0.2) is 14.1 Å². The summed E-state index contributed by atoms with van der Waals surface area (Å²) < 4.78 is 18.8. The molecule has 1 aliphatic heterocycles. The van der Waals surface area contributed by atoms with Gasteiger partial charge < -0.3 is 15.0 Å². The van der Waals surface area contributed by atoms with Crippen LogP contribution in [0.4, 0.5) is 20.6 Å². The molecule has 7 nitrogen and oxygen atoms in total. The van der Waals surface area contributed by atoms with Crippen LogP contribution in [0, 0.1) is 12.7 Å². The van der Waals surface area contributed by atoms with Crippen LogP contribution in [0.25, 0.3) is 0 Å². The van der Waals surface area contributed by atoms with Crippen molar-refractivity contribution in [3.05, 3.63) is 89.7 Å². The highest BCUT2D eigenvalue weighted by Crippen LogP contribution is 2.29. The second-order valence-corrected chi connectivity index (χ2v) is 8.28. The maximum atomic E-state index is 13.4. The van der Waals surface area contributed by atoms with Gasteiger partial charge in [-0.15, -0.1) is 0 Å². The van der Waals surface area contributed by atoms with Crippen LogP contribution in [0.15, 0.2) is 72.8 Å². The molecule has 0 aliphatic carbocycles. The van der Waals surface area contributed by atoms with Gasteiger partial charge in [0.2, 0.25) is 5.91 Å². The van der Waals surface area contributed by atoms with E-state index in [4.69, 9.17) is 4.74 Å². The molecule has 1 unspecified atom stereocenters. The summed E-state index contributed by atoms with van der Waals surface area (Å²) in [6.45, 7) is 4.35. The number of hydrogen-bond acceptors (Lipinski definition) is 4. The molecule has 3 aromatic rings. The van der Waals surface area contributed by atoms with E-state index in [1.807, 2.05) is 19.9 Å². The zero-order valence-electron chi connectivity index (χ0n) is 19.5. The second kappa shape index (κ2) is 10.4. The Balaban J connectivity index is 1.56. The molecule has 0 aromatic heterocycles. The molecule has 35 heavy (non-hydrogen) atoms. The van der Waals surface area contributed by atoms with Gasteiger partial charge in [-0.05, 0) is 73.5 Å². The van der Waals surface area contributed by atoms with Gasteiger partial charge in [0, 0.05) is 12.2 Å². The van der Waals surface area contributed by atoms with Gasteiger partial charge in [-0.3, -0.25) is 9.59 Å². The van der Waals surface area contributed by atoms with Gasteiger partial charge in [0.1, 0.15) is 17.6 Å². The highest BCUT2D eigenvalue weighted by molar-refractivity contribution is 6.22. The monoisotopic (exact) mass is 475 g/mol. The number of rotatable bonds is 8. The van der Waals surface area contributed by atoms with E-state index in [9.17, 15) is 18.8 Å². The van der Waals surface area contributed by atoms with Crippen LogP contribution in [0.5, 0.6) is 5.75 Å². The first-order chi connectivity index (χ1) is 16.9. The quantitative estimate of drug-likeness (QED) is 0.470. The molecule has 1 N–H and O–H groups in total. The molecule has 0 radical (unpaired) electrons. The summed E-state index contributed by atoms with van der Waals surface area (Å²) in [5.74, 6) is -0.605. The van der Waals surface area contributed by atoms with Crippen LogP contribution < -0.4 is 15.0 Å². The highest BCUT2D eigenvalue weighted by atomic mass is 19.1. The molecule has 0 bridgehead atoms. The number of imide groups is 1. The Morgan fingerprint density at radius 1 is 1.03 bits per heavy atom. The fourth-order valence-electron chi connectivity index (χ4n) is 3.99. The number of nitrogens with zero attached hydrogens (tertiary/aromatic N) is 2. The number of ether oxygens (including phenoxy) is 1. The first kappa shape index (κ1) is 23.9. The molecular weight excluding hydrogens is 449 g/mol. The van der Waals surface area contributed by atoms with Crippen molar-refractivity contribution in [2.45, 2.75) is 32.9 Å². The number of carbonyl (C=O) groups is 3. The summed E-state index contributed by atoms with van der Waals surface area (Å²) in [7, 11) is 0. The lowest BCUT2D eigenvalue weighted by molar-refractivity contribution is -0.124. The first-order valence-electron chi connectivity index (χ1n) is 11.3. The zero-order valence-corrected chi connectivity index (χ0v) is 19.5. The Hall–Kier alpha value is -4.20. The fourth-order valence-corrected chi connectivity index (χ4v) is 3.99. The summed E-state index contributed by atoms with van der Waals surface area (Å²) in [6.07, 6.45) is -0.221. The van der Waals surface area contributed by atoms with E-state index >= 15 is 0 Å². The van der Waals surface area contributed by atoms with Crippen molar-refractivity contribution in [1.82, 2.24) is 4.90 Å². The van der Waals surface area contributed by atoms with Crippen LogP contribution in [0.3, 0.4) is 0 Å². The zero-order chi connectivity index (χ0) is 24.9. The number of anilines is 2. The normalized spacial score (nSPS) is 15.5. The van der Waals surface area contributed by atoms with E-state index in [0.717, 1.165) is 10.5 Å². The summed E-state index contributed by atoms with van der Waals surface area (Å²) in [6, 6.07) is 18.1. The van der Waals surface area contributed by atoms with Crippen molar-refractivity contribution in [2.75, 3.05) is 16.8 Å². The van der Waals surface area contributed by atoms with Crippen molar-refractivity contribution < 1.29 is 23.5 Å². The Morgan fingerprint density at radius 3 is 2.40 bits per heavy atom. The van der Waals surface area contributed by atoms with Crippen LogP contribution in [-0.2, 0) is 16.1 Å². The molecule has 4 amide bonds. The minimum atomic E-state index is -1.00. The number of benzene rings is 3. The van der Waals surface area contributed by atoms with Gasteiger partial charge >= 0.3 is 6.03 Å². The molecule has 4 rings (SSSR count). The van der Waals surface area contributed by atoms with E-state index in [0.29, 0.717) is 29.3 Å². The summed E-state index contributed by atoms with van der Waals surface area (Å²) in [5, 5.41) is 2.78. The minimum absolute atomic E-state index is 0.0637. The predicted molar refractivity (Wildman–Crippen MR) is 131 cm³/mol. The Bertz CT molecular complexity index is 1230. The number of hydrogen-bond donors (Lipinski definition) is 1. The third-order valence-electron chi connectivity index (χ3n) is 5.67. The average molecular weight is 476 g/mol. The molecule has 3 aromatic carbocycles. The molecule has 1 saturated heterocycles. The molecule has 1 atom stereocenters. The summed E-state index contributed by atoms with van der Waals surface area (Å²) in [4.78, 5) is 42.1. The lowest BCUT2D eigenvalue weighted by atomic mass is 10.1. The molecule has 1 fully saturated rings. The maximum Gasteiger partial charge on any atom is 0.332 e. The number of carbonyl (C=O) groups excluding carboxylic acids is 3. The van der Waals surface area contributed by atoms with Gasteiger partial charge in [-0.2, -0.15) is 0 Å². The van der Waals surface area contributed by atoms with Crippen LogP contribution in [-0.4, -0.2) is 35.4 Å². The van der Waals surface area contributed by atoms with Crippen molar-refractivity contribution in [3.63, 3.8) is 0 Å².